The second-order valence-corrected chi connectivity index (χ2v) is 8.45. The molecule has 1 atom stereocenters. The summed E-state index contributed by atoms with van der Waals surface area (Å²) in [5, 5.41) is 8.05. The molecule has 32 heavy (non-hydrogen) atoms. The van der Waals surface area contributed by atoms with Gasteiger partial charge in [-0.25, -0.2) is 5.01 Å². The molecule has 2 heterocycles. The van der Waals surface area contributed by atoms with Crippen molar-refractivity contribution in [2.45, 2.75) is 26.3 Å². The van der Waals surface area contributed by atoms with Gasteiger partial charge in [0.25, 0.3) is 0 Å². The molecule has 0 bridgehead atoms. The van der Waals surface area contributed by atoms with Crippen LogP contribution >= 0.6 is 11.6 Å². The van der Waals surface area contributed by atoms with E-state index in [1.54, 1.807) is 11.9 Å². The molecule has 0 saturated heterocycles. The van der Waals surface area contributed by atoms with Crippen molar-refractivity contribution >= 4 is 34.1 Å². The molecule has 1 amide bonds. The number of nitrogens with zero attached hydrogens (tertiary/aromatic N) is 3. The highest BCUT2D eigenvalue weighted by Gasteiger charge is 2.33. The van der Waals surface area contributed by atoms with Crippen molar-refractivity contribution < 1.29 is 4.79 Å². The first kappa shape index (κ1) is 20.4. The van der Waals surface area contributed by atoms with Gasteiger partial charge in [-0.05, 0) is 36.2 Å². The van der Waals surface area contributed by atoms with E-state index in [9.17, 15) is 4.79 Å². The predicted octanol–water partition coefficient (Wildman–Crippen LogP) is 6.56. The van der Waals surface area contributed by atoms with Crippen LogP contribution in [0.4, 0.5) is 0 Å². The second kappa shape index (κ2) is 8.21. The monoisotopic (exact) mass is 439 g/mol. The van der Waals surface area contributed by atoms with E-state index in [4.69, 9.17) is 21.7 Å². The molecule has 0 aliphatic carbocycles. The second-order valence-electron chi connectivity index (χ2n) is 8.02. The third-order valence-corrected chi connectivity index (χ3v) is 6.13. The molecule has 0 unspecified atom stereocenters. The van der Waals surface area contributed by atoms with Gasteiger partial charge in [0, 0.05) is 40.6 Å². The van der Waals surface area contributed by atoms with Crippen LogP contribution in [-0.4, -0.2) is 21.6 Å². The highest BCUT2D eigenvalue weighted by Crippen LogP contribution is 2.39. The summed E-state index contributed by atoms with van der Waals surface area (Å²) >= 11 is 6.39. The first-order valence-electron chi connectivity index (χ1n) is 10.6. The van der Waals surface area contributed by atoms with Crippen LogP contribution < -0.4 is 0 Å². The van der Waals surface area contributed by atoms with Crippen LogP contribution in [0, 0.1) is 6.92 Å². The lowest BCUT2D eigenvalue weighted by Crippen LogP contribution is -2.24. The Kier molecular flexibility index (Phi) is 5.24. The Hall–Kier alpha value is -3.50. The lowest BCUT2D eigenvalue weighted by atomic mass is 9.89. The Bertz CT molecular complexity index is 1350. The standard InChI is InChI=1S/C27H22ClN3O/c1-17-26(24-16-25(31(30-24)18(2)32)19-9-5-3-6-10-19)27(20-11-7-4-8-12-20)22-15-21(28)13-14-23(22)29-17/h3-15,25H,16H2,1-2H3/t25-/m0/s1. The van der Waals surface area contributed by atoms with Crippen molar-refractivity contribution in [2.24, 2.45) is 5.10 Å². The molecule has 0 radical (unpaired) electrons. The zero-order chi connectivity index (χ0) is 22.2. The van der Waals surface area contributed by atoms with Crippen LogP contribution in [0.15, 0.2) is 84.0 Å². The average Bonchev–Trinajstić information content (AvgIpc) is 3.25. The number of carbonyl (C=O) groups excluding carboxylic acids is 1. The molecule has 4 aromatic rings. The third-order valence-electron chi connectivity index (χ3n) is 5.90. The Morgan fingerprint density at radius 2 is 1.66 bits per heavy atom. The molecule has 0 fully saturated rings. The molecule has 158 valence electrons. The fourth-order valence-corrected chi connectivity index (χ4v) is 4.67. The van der Waals surface area contributed by atoms with Gasteiger partial charge < -0.3 is 0 Å². The summed E-state index contributed by atoms with van der Waals surface area (Å²) in [5.74, 6) is -0.0791. The number of aromatic nitrogens is 1. The van der Waals surface area contributed by atoms with Gasteiger partial charge in [0.2, 0.25) is 5.91 Å². The van der Waals surface area contributed by atoms with Crippen LogP contribution in [0.3, 0.4) is 0 Å². The minimum absolute atomic E-state index is 0.0791. The van der Waals surface area contributed by atoms with Gasteiger partial charge in [-0.1, -0.05) is 72.3 Å². The quantitative estimate of drug-likeness (QED) is 0.362. The smallest absolute Gasteiger partial charge is 0.240 e. The summed E-state index contributed by atoms with van der Waals surface area (Å²) in [6, 6.07) is 25.9. The van der Waals surface area contributed by atoms with E-state index in [-0.39, 0.29) is 11.9 Å². The van der Waals surface area contributed by atoms with Crippen LogP contribution in [0.2, 0.25) is 5.02 Å². The number of carbonyl (C=O) groups is 1. The van der Waals surface area contributed by atoms with Crippen molar-refractivity contribution in [3.05, 3.63) is 101 Å². The number of hydrogen-bond acceptors (Lipinski definition) is 3. The summed E-state index contributed by atoms with van der Waals surface area (Å²) in [5.41, 5.74) is 6.78. The molecule has 4 nitrogen and oxygen atoms in total. The topological polar surface area (TPSA) is 45.6 Å². The maximum Gasteiger partial charge on any atom is 0.240 e. The van der Waals surface area contributed by atoms with Crippen LogP contribution in [0.5, 0.6) is 0 Å². The fourth-order valence-electron chi connectivity index (χ4n) is 4.50. The number of aryl methyl sites for hydroxylation is 1. The van der Waals surface area contributed by atoms with Crippen molar-refractivity contribution in [1.29, 1.82) is 0 Å². The van der Waals surface area contributed by atoms with Gasteiger partial charge in [-0.15, -0.1) is 0 Å². The molecule has 0 saturated carbocycles. The minimum atomic E-state index is -0.137. The van der Waals surface area contributed by atoms with Gasteiger partial charge in [0.05, 0.1) is 17.3 Å². The van der Waals surface area contributed by atoms with Gasteiger partial charge in [0.1, 0.15) is 0 Å². The van der Waals surface area contributed by atoms with E-state index in [2.05, 4.69) is 12.1 Å². The van der Waals surface area contributed by atoms with Crippen molar-refractivity contribution in [3.63, 3.8) is 0 Å². The number of halogens is 1. The number of amides is 1. The minimum Gasteiger partial charge on any atom is -0.273 e. The Labute approximate surface area is 192 Å². The number of hydrogen-bond donors (Lipinski definition) is 0. The number of hydrazone groups is 1. The summed E-state index contributed by atoms with van der Waals surface area (Å²) < 4.78 is 0. The average molecular weight is 440 g/mol. The first-order chi connectivity index (χ1) is 15.5. The predicted molar refractivity (Wildman–Crippen MR) is 130 cm³/mol. The first-order valence-corrected chi connectivity index (χ1v) is 11.0. The maximum atomic E-state index is 12.5. The highest BCUT2D eigenvalue weighted by atomic mass is 35.5. The normalized spacial score (nSPS) is 15.8. The third kappa shape index (κ3) is 3.57. The zero-order valence-electron chi connectivity index (χ0n) is 17.9. The lowest BCUT2D eigenvalue weighted by molar-refractivity contribution is -0.130. The molecule has 1 aliphatic heterocycles. The molecular formula is C27H22ClN3O. The zero-order valence-corrected chi connectivity index (χ0v) is 18.7. The van der Waals surface area contributed by atoms with E-state index in [1.165, 1.54) is 0 Å². The molecule has 0 N–H and O–H groups in total. The van der Waals surface area contributed by atoms with Crippen molar-refractivity contribution in [1.82, 2.24) is 9.99 Å². The molecule has 5 rings (SSSR count). The Balaban J connectivity index is 1.75. The summed E-state index contributed by atoms with van der Waals surface area (Å²) in [6.07, 6.45) is 0.623. The van der Waals surface area contributed by atoms with Crippen LogP contribution in [-0.2, 0) is 4.79 Å². The lowest BCUT2D eigenvalue weighted by Gasteiger charge is -2.20. The summed E-state index contributed by atoms with van der Waals surface area (Å²) in [7, 11) is 0. The number of pyridine rings is 1. The molecule has 1 aromatic heterocycles. The van der Waals surface area contributed by atoms with E-state index in [1.807, 2.05) is 73.7 Å². The van der Waals surface area contributed by atoms with Crippen LogP contribution in [0.25, 0.3) is 22.0 Å². The number of benzene rings is 3. The largest absolute Gasteiger partial charge is 0.273 e. The SMILES string of the molecule is CC(=O)N1N=C(c2c(C)nc3ccc(Cl)cc3c2-c2ccccc2)C[C@H]1c1ccccc1. The summed E-state index contributed by atoms with van der Waals surface area (Å²) in [4.78, 5) is 17.4. The molecule has 1 aliphatic rings. The molecule has 5 heteroatoms. The summed E-state index contributed by atoms with van der Waals surface area (Å²) in [6.45, 7) is 3.57. The molecule has 0 spiro atoms. The fraction of sp³-hybridized carbons (Fsp3) is 0.148. The van der Waals surface area contributed by atoms with Gasteiger partial charge in [-0.3, -0.25) is 9.78 Å². The van der Waals surface area contributed by atoms with E-state index in [0.717, 1.165) is 44.6 Å². The van der Waals surface area contributed by atoms with E-state index < -0.39 is 0 Å². The van der Waals surface area contributed by atoms with Gasteiger partial charge in [-0.2, -0.15) is 5.10 Å². The van der Waals surface area contributed by atoms with E-state index in [0.29, 0.717) is 11.4 Å². The van der Waals surface area contributed by atoms with E-state index >= 15 is 0 Å². The van der Waals surface area contributed by atoms with Gasteiger partial charge in [0.15, 0.2) is 0 Å². The maximum absolute atomic E-state index is 12.5. The molecule has 3 aromatic carbocycles. The van der Waals surface area contributed by atoms with Crippen molar-refractivity contribution in [3.8, 4) is 11.1 Å². The number of rotatable bonds is 3. The van der Waals surface area contributed by atoms with Crippen molar-refractivity contribution in [2.75, 3.05) is 0 Å². The van der Waals surface area contributed by atoms with Gasteiger partial charge >= 0.3 is 0 Å². The van der Waals surface area contributed by atoms with Crippen LogP contribution in [0.1, 0.15) is 36.2 Å². The highest BCUT2D eigenvalue weighted by molar-refractivity contribution is 6.31. The number of fused-ring (bicyclic) bond motifs is 1. The Morgan fingerprint density at radius 3 is 2.34 bits per heavy atom. The Morgan fingerprint density at radius 1 is 0.969 bits per heavy atom. The molecular weight excluding hydrogens is 418 g/mol.